The Balaban J connectivity index is 1.86. The summed E-state index contributed by atoms with van der Waals surface area (Å²) in [6.07, 6.45) is 3.50. The van der Waals surface area contributed by atoms with E-state index in [0.717, 1.165) is 25.7 Å². The SMILES string of the molecule is NC1CCC(C(=O)N2CCOC(CO)C2)CC1. The summed E-state index contributed by atoms with van der Waals surface area (Å²) in [6.45, 7) is 1.69. The maximum absolute atomic E-state index is 12.3. The first-order chi connectivity index (χ1) is 8.20. The van der Waals surface area contributed by atoms with Gasteiger partial charge in [0.05, 0.1) is 19.3 Å². The molecule has 1 unspecified atom stereocenters. The van der Waals surface area contributed by atoms with Gasteiger partial charge in [0.1, 0.15) is 0 Å². The van der Waals surface area contributed by atoms with Gasteiger partial charge in [-0.1, -0.05) is 0 Å². The van der Waals surface area contributed by atoms with Crippen LogP contribution >= 0.6 is 0 Å². The Morgan fingerprint density at radius 3 is 2.71 bits per heavy atom. The van der Waals surface area contributed by atoms with Gasteiger partial charge in [-0.2, -0.15) is 0 Å². The minimum Gasteiger partial charge on any atom is -0.394 e. The van der Waals surface area contributed by atoms with Crippen molar-refractivity contribution in [2.24, 2.45) is 11.7 Å². The van der Waals surface area contributed by atoms with Gasteiger partial charge in [0.15, 0.2) is 0 Å². The largest absolute Gasteiger partial charge is 0.394 e. The summed E-state index contributed by atoms with van der Waals surface area (Å²) in [5.74, 6) is 0.353. The molecule has 2 rings (SSSR count). The average Bonchev–Trinajstić information content (AvgIpc) is 2.39. The van der Waals surface area contributed by atoms with Crippen LogP contribution in [0.2, 0.25) is 0 Å². The third kappa shape index (κ3) is 3.18. The topological polar surface area (TPSA) is 75.8 Å². The molecule has 1 saturated carbocycles. The van der Waals surface area contributed by atoms with Crippen molar-refractivity contribution in [2.45, 2.75) is 37.8 Å². The van der Waals surface area contributed by atoms with Gasteiger partial charge in [-0.25, -0.2) is 0 Å². The summed E-state index contributed by atoms with van der Waals surface area (Å²) in [6, 6.07) is 0.272. The van der Waals surface area contributed by atoms with Crippen molar-refractivity contribution in [3.05, 3.63) is 0 Å². The molecule has 1 aliphatic heterocycles. The number of rotatable bonds is 2. The van der Waals surface area contributed by atoms with Crippen molar-refractivity contribution < 1.29 is 14.6 Å². The lowest BCUT2D eigenvalue weighted by Crippen LogP contribution is -2.49. The van der Waals surface area contributed by atoms with E-state index in [9.17, 15) is 4.79 Å². The fourth-order valence-corrected chi connectivity index (χ4v) is 2.65. The second-order valence-electron chi connectivity index (χ2n) is 5.07. The molecule has 0 aromatic heterocycles. The summed E-state index contributed by atoms with van der Waals surface area (Å²) >= 11 is 0. The van der Waals surface area contributed by atoms with Crippen molar-refractivity contribution >= 4 is 5.91 Å². The van der Waals surface area contributed by atoms with Crippen LogP contribution in [0.4, 0.5) is 0 Å². The molecule has 0 aromatic rings. The molecule has 2 fully saturated rings. The van der Waals surface area contributed by atoms with Gasteiger partial charge in [-0.15, -0.1) is 0 Å². The first kappa shape index (κ1) is 12.8. The fourth-order valence-electron chi connectivity index (χ4n) is 2.65. The molecule has 1 atom stereocenters. The average molecular weight is 242 g/mol. The molecule has 2 aliphatic rings. The van der Waals surface area contributed by atoms with E-state index >= 15 is 0 Å². The molecular formula is C12H22N2O3. The van der Waals surface area contributed by atoms with Gasteiger partial charge in [0, 0.05) is 25.0 Å². The van der Waals surface area contributed by atoms with E-state index in [2.05, 4.69) is 0 Å². The molecule has 5 nitrogen and oxygen atoms in total. The van der Waals surface area contributed by atoms with Crippen molar-refractivity contribution in [3.8, 4) is 0 Å². The predicted octanol–water partition coefficient (Wildman–Crippen LogP) is -0.276. The molecule has 0 aromatic carbocycles. The normalized spacial score (nSPS) is 34.7. The third-order valence-electron chi connectivity index (χ3n) is 3.78. The summed E-state index contributed by atoms with van der Waals surface area (Å²) in [5, 5.41) is 9.06. The molecule has 17 heavy (non-hydrogen) atoms. The number of amides is 1. The molecular weight excluding hydrogens is 220 g/mol. The summed E-state index contributed by atoms with van der Waals surface area (Å²) in [4.78, 5) is 14.1. The molecule has 0 bridgehead atoms. The first-order valence-electron chi connectivity index (χ1n) is 6.47. The molecule has 3 N–H and O–H groups in total. The van der Waals surface area contributed by atoms with Gasteiger partial charge < -0.3 is 20.5 Å². The standard InChI is InChI=1S/C12H22N2O3/c13-10-3-1-9(2-4-10)12(16)14-5-6-17-11(7-14)8-15/h9-11,15H,1-8,13H2. The van der Waals surface area contributed by atoms with E-state index in [-0.39, 0.29) is 30.6 Å². The van der Waals surface area contributed by atoms with Crippen LogP contribution in [0.3, 0.4) is 0 Å². The lowest BCUT2D eigenvalue weighted by atomic mass is 9.85. The zero-order valence-electron chi connectivity index (χ0n) is 10.2. The van der Waals surface area contributed by atoms with Gasteiger partial charge in [0.2, 0.25) is 5.91 Å². The zero-order valence-corrected chi connectivity index (χ0v) is 10.2. The Bertz CT molecular complexity index is 264. The summed E-state index contributed by atoms with van der Waals surface area (Å²) < 4.78 is 5.35. The summed E-state index contributed by atoms with van der Waals surface area (Å²) in [7, 11) is 0. The number of carbonyl (C=O) groups is 1. The number of ether oxygens (including phenoxy) is 1. The minimum atomic E-state index is -0.210. The third-order valence-corrected chi connectivity index (χ3v) is 3.78. The maximum Gasteiger partial charge on any atom is 0.225 e. The lowest BCUT2D eigenvalue weighted by Gasteiger charge is -2.36. The molecule has 5 heteroatoms. The Morgan fingerprint density at radius 1 is 1.35 bits per heavy atom. The van der Waals surface area contributed by atoms with Crippen LogP contribution < -0.4 is 5.73 Å². The molecule has 1 amide bonds. The van der Waals surface area contributed by atoms with Crippen LogP contribution in [0.15, 0.2) is 0 Å². The van der Waals surface area contributed by atoms with Crippen LogP contribution in [0.1, 0.15) is 25.7 Å². The number of morpholine rings is 1. The lowest BCUT2D eigenvalue weighted by molar-refractivity contribution is -0.145. The monoisotopic (exact) mass is 242 g/mol. The highest BCUT2D eigenvalue weighted by atomic mass is 16.5. The van der Waals surface area contributed by atoms with Crippen LogP contribution in [-0.4, -0.2) is 54.4 Å². The van der Waals surface area contributed by atoms with Gasteiger partial charge in [-0.05, 0) is 25.7 Å². The van der Waals surface area contributed by atoms with E-state index < -0.39 is 0 Å². The van der Waals surface area contributed by atoms with E-state index in [1.165, 1.54) is 0 Å². The Hall–Kier alpha value is -0.650. The van der Waals surface area contributed by atoms with Crippen LogP contribution in [0, 0.1) is 5.92 Å². The highest BCUT2D eigenvalue weighted by Gasteiger charge is 2.31. The highest BCUT2D eigenvalue weighted by Crippen LogP contribution is 2.25. The van der Waals surface area contributed by atoms with Crippen molar-refractivity contribution in [1.29, 1.82) is 0 Å². The van der Waals surface area contributed by atoms with Crippen LogP contribution in [-0.2, 0) is 9.53 Å². The maximum atomic E-state index is 12.3. The van der Waals surface area contributed by atoms with E-state index in [0.29, 0.717) is 19.7 Å². The van der Waals surface area contributed by atoms with Gasteiger partial charge in [0.25, 0.3) is 0 Å². The number of aliphatic hydroxyl groups is 1. The zero-order chi connectivity index (χ0) is 12.3. The molecule has 1 heterocycles. The van der Waals surface area contributed by atoms with E-state index in [1.807, 2.05) is 4.90 Å². The van der Waals surface area contributed by atoms with E-state index in [1.54, 1.807) is 0 Å². The molecule has 0 spiro atoms. The Labute approximate surface area is 102 Å². The second-order valence-corrected chi connectivity index (χ2v) is 5.07. The number of hydrogen-bond acceptors (Lipinski definition) is 4. The smallest absolute Gasteiger partial charge is 0.225 e. The number of nitrogens with two attached hydrogens (primary N) is 1. The number of nitrogens with zero attached hydrogens (tertiary/aromatic N) is 1. The predicted molar refractivity (Wildman–Crippen MR) is 63.3 cm³/mol. The first-order valence-corrected chi connectivity index (χ1v) is 6.47. The molecule has 0 radical (unpaired) electrons. The molecule has 1 saturated heterocycles. The Kier molecular flexibility index (Phi) is 4.36. The van der Waals surface area contributed by atoms with Crippen molar-refractivity contribution in [1.82, 2.24) is 4.90 Å². The van der Waals surface area contributed by atoms with E-state index in [4.69, 9.17) is 15.6 Å². The van der Waals surface area contributed by atoms with Gasteiger partial charge in [-0.3, -0.25) is 4.79 Å². The molecule has 98 valence electrons. The van der Waals surface area contributed by atoms with Crippen LogP contribution in [0.25, 0.3) is 0 Å². The van der Waals surface area contributed by atoms with Crippen molar-refractivity contribution in [3.63, 3.8) is 0 Å². The minimum absolute atomic E-state index is 0.0146. The number of aliphatic hydroxyl groups excluding tert-OH is 1. The summed E-state index contributed by atoms with van der Waals surface area (Å²) in [5.41, 5.74) is 5.84. The fraction of sp³-hybridized carbons (Fsp3) is 0.917. The van der Waals surface area contributed by atoms with Crippen molar-refractivity contribution in [2.75, 3.05) is 26.3 Å². The van der Waals surface area contributed by atoms with Gasteiger partial charge >= 0.3 is 0 Å². The molecule has 1 aliphatic carbocycles. The Morgan fingerprint density at radius 2 is 2.06 bits per heavy atom. The van der Waals surface area contributed by atoms with Crippen LogP contribution in [0.5, 0.6) is 0 Å². The second kappa shape index (κ2) is 5.80. The number of hydrogen-bond donors (Lipinski definition) is 2. The number of carbonyl (C=O) groups excluding carboxylic acids is 1. The quantitative estimate of drug-likeness (QED) is 0.698. The highest BCUT2D eigenvalue weighted by molar-refractivity contribution is 5.79.